The molecule has 1 saturated heterocycles. The van der Waals surface area contributed by atoms with Crippen LogP contribution in [0.5, 0.6) is 0 Å². The number of allylic oxidation sites excluding steroid dienone is 3. The van der Waals surface area contributed by atoms with Crippen LogP contribution in [0.1, 0.15) is 123 Å². The van der Waals surface area contributed by atoms with E-state index in [2.05, 4.69) is 37.8 Å². The second-order valence-electron chi connectivity index (χ2n) is 12.9. The van der Waals surface area contributed by atoms with Crippen LogP contribution < -0.4 is 5.56 Å². The Bertz CT molecular complexity index is 1340. The van der Waals surface area contributed by atoms with Gasteiger partial charge in [0.1, 0.15) is 11.4 Å². The van der Waals surface area contributed by atoms with Gasteiger partial charge in [-0.2, -0.15) is 31.4 Å². The molecule has 272 valence electrons. The van der Waals surface area contributed by atoms with Gasteiger partial charge in [0.2, 0.25) is 5.91 Å². The summed E-state index contributed by atoms with van der Waals surface area (Å²) in [5, 5.41) is 5.84. The van der Waals surface area contributed by atoms with E-state index in [0.717, 1.165) is 31.1 Å². The third kappa shape index (κ3) is 11.2. The molecule has 1 aromatic heterocycles. The van der Waals surface area contributed by atoms with Crippen molar-refractivity contribution < 1.29 is 31.1 Å². The number of fused-ring (bicyclic) bond motifs is 1. The van der Waals surface area contributed by atoms with Crippen molar-refractivity contribution in [2.75, 3.05) is 26.2 Å². The number of hydrogen-bond acceptors (Lipinski definition) is 5. The molecule has 13 heteroatoms. The van der Waals surface area contributed by atoms with Crippen molar-refractivity contribution in [2.24, 2.45) is 16.8 Å². The van der Waals surface area contributed by atoms with Gasteiger partial charge >= 0.3 is 12.4 Å². The molecule has 3 aliphatic rings. The Morgan fingerprint density at radius 3 is 2.15 bits per heavy atom. The van der Waals surface area contributed by atoms with Gasteiger partial charge in [-0.3, -0.25) is 9.59 Å². The maximum absolute atomic E-state index is 13.0. The third-order valence-corrected chi connectivity index (χ3v) is 8.99. The molecule has 0 aromatic carbocycles. The predicted molar refractivity (Wildman–Crippen MR) is 178 cm³/mol. The van der Waals surface area contributed by atoms with Gasteiger partial charge in [0.15, 0.2) is 0 Å². The van der Waals surface area contributed by atoms with Crippen molar-refractivity contribution in [3.8, 4) is 0 Å². The molecular formula is C35H53F6N5O2. The average Bonchev–Trinajstić information content (AvgIpc) is 3.30. The van der Waals surface area contributed by atoms with Crippen molar-refractivity contribution in [1.82, 2.24) is 20.0 Å². The van der Waals surface area contributed by atoms with Gasteiger partial charge in [-0.1, -0.05) is 80.2 Å². The van der Waals surface area contributed by atoms with E-state index in [1.165, 1.54) is 12.5 Å². The monoisotopic (exact) mass is 689 g/mol. The summed E-state index contributed by atoms with van der Waals surface area (Å²) in [6.07, 6.45) is -0.191. The van der Waals surface area contributed by atoms with Crippen molar-refractivity contribution in [1.29, 1.82) is 0 Å². The summed E-state index contributed by atoms with van der Waals surface area (Å²) >= 11 is 0. The molecule has 0 spiro atoms. The van der Waals surface area contributed by atoms with Crippen molar-refractivity contribution in [3.05, 3.63) is 50.2 Å². The number of piperazine rings is 1. The average molecular weight is 690 g/mol. The Balaban J connectivity index is 0.000000328. The first-order chi connectivity index (χ1) is 22.5. The standard InChI is InChI=1S/C20H30F3N3O.C12H15F3N2O.C3H8/c1-4-6-15(3)13-18(27)25-9-11-26(12-10-25)19-16(5-2)7-8-17(14-24-19)20(21,22)23;1-3-6(2)7-4-5-8-9(12(13,14)15)11(18)17-16-10(7)8;1-3-2/h8,14-15H,4-7,9-13H2,1-3H3;6-7H,3-5H2,1-2H3,(H,17,18);3H2,1-2H3. The highest BCUT2D eigenvalue weighted by Crippen LogP contribution is 2.42. The van der Waals surface area contributed by atoms with E-state index in [-0.39, 0.29) is 36.1 Å². The largest absolute Gasteiger partial charge is 0.422 e. The highest BCUT2D eigenvalue weighted by molar-refractivity contribution is 5.81. The number of halogens is 6. The van der Waals surface area contributed by atoms with E-state index in [0.29, 0.717) is 62.9 Å². The maximum Gasteiger partial charge on any atom is 0.422 e. The first-order valence-corrected chi connectivity index (χ1v) is 17.3. The van der Waals surface area contributed by atoms with E-state index in [1.807, 2.05) is 35.7 Å². The highest BCUT2D eigenvalue weighted by atomic mass is 19.4. The number of aromatic amines is 1. The lowest BCUT2D eigenvalue weighted by Crippen LogP contribution is -2.48. The molecule has 1 fully saturated rings. The summed E-state index contributed by atoms with van der Waals surface area (Å²) in [7, 11) is 0. The molecule has 48 heavy (non-hydrogen) atoms. The van der Waals surface area contributed by atoms with Crippen LogP contribution in [0.3, 0.4) is 0 Å². The van der Waals surface area contributed by atoms with Gasteiger partial charge in [0, 0.05) is 44.7 Å². The lowest BCUT2D eigenvalue weighted by molar-refractivity contribution is -0.139. The van der Waals surface area contributed by atoms with Crippen LogP contribution >= 0.6 is 0 Å². The van der Waals surface area contributed by atoms with E-state index < -0.39 is 29.0 Å². The molecule has 4 rings (SSSR count). The highest BCUT2D eigenvalue weighted by Gasteiger charge is 2.42. The zero-order valence-electron chi connectivity index (χ0n) is 29.5. The summed E-state index contributed by atoms with van der Waals surface area (Å²) in [4.78, 5) is 31.8. The van der Waals surface area contributed by atoms with Gasteiger partial charge in [-0.05, 0) is 48.7 Å². The molecule has 0 bridgehead atoms. The minimum atomic E-state index is -4.61. The zero-order chi connectivity index (χ0) is 36.2. The smallest absolute Gasteiger partial charge is 0.353 e. The van der Waals surface area contributed by atoms with Gasteiger partial charge in [-0.15, -0.1) is 0 Å². The second-order valence-corrected chi connectivity index (χ2v) is 12.9. The molecule has 0 radical (unpaired) electrons. The molecule has 1 aliphatic carbocycles. The van der Waals surface area contributed by atoms with Crippen LogP contribution in [0.2, 0.25) is 0 Å². The number of H-pyrrole nitrogens is 1. The predicted octanol–water partition coefficient (Wildman–Crippen LogP) is 8.82. The topological polar surface area (TPSA) is 81.7 Å². The first kappa shape index (κ1) is 41.1. The molecule has 1 N–H and O–H groups in total. The first-order valence-electron chi connectivity index (χ1n) is 17.3. The number of amides is 1. The van der Waals surface area contributed by atoms with Crippen molar-refractivity contribution in [2.45, 2.75) is 125 Å². The molecule has 3 heterocycles. The van der Waals surface area contributed by atoms with Gasteiger partial charge in [0.25, 0.3) is 5.56 Å². The number of nitrogens with zero attached hydrogens (tertiary/aromatic N) is 4. The van der Waals surface area contributed by atoms with E-state index >= 15 is 0 Å². The number of alkyl halides is 6. The van der Waals surface area contributed by atoms with Crippen LogP contribution in [-0.2, 0) is 17.4 Å². The van der Waals surface area contributed by atoms with E-state index in [9.17, 15) is 35.9 Å². The maximum atomic E-state index is 13.0. The third-order valence-electron chi connectivity index (χ3n) is 8.99. The number of aliphatic imine (C=N–C) groups is 1. The molecule has 3 atom stereocenters. The molecular weight excluding hydrogens is 636 g/mol. The molecule has 1 aromatic rings. The van der Waals surface area contributed by atoms with Crippen molar-refractivity contribution >= 4 is 12.1 Å². The Kier molecular flexibility index (Phi) is 15.9. The molecule has 2 aliphatic heterocycles. The van der Waals surface area contributed by atoms with Crippen molar-refractivity contribution in [3.63, 3.8) is 0 Å². The fourth-order valence-electron chi connectivity index (χ4n) is 6.22. The van der Waals surface area contributed by atoms with Crippen LogP contribution in [0.15, 0.2) is 32.8 Å². The summed E-state index contributed by atoms with van der Waals surface area (Å²) in [6, 6.07) is 0. The molecule has 1 amide bonds. The van der Waals surface area contributed by atoms with Crippen LogP contribution in [0.4, 0.5) is 26.3 Å². The fourth-order valence-corrected chi connectivity index (χ4v) is 6.22. The quantitative estimate of drug-likeness (QED) is 0.277. The van der Waals surface area contributed by atoms with Gasteiger partial charge in [0.05, 0.1) is 11.3 Å². The lowest BCUT2D eigenvalue weighted by atomic mass is 9.90. The number of carbonyl (C=O) groups is 1. The van der Waals surface area contributed by atoms with Gasteiger partial charge in [-0.25, -0.2) is 10.1 Å². The lowest BCUT2D eigenvalue weighted by Gasteiger charge is -2.37. The van der Waals surface area contributed by atoms with E-state index in [1.54, 1.807) is 0 Å². The molecule has 0 saturated carbocycles. The van der Waals surface area contributed by atoms with Crippen LogP contribution in [0, 0.1) is 11.8 Å². The normalized spacial score (nSPS) is 19.4. The number of aromatic nitrogens is 2. The Labute approximate surface area is 280 Å². The Hall–Kier alpha value is -3.12. The number of nitrogens with one attached hydrogen (secondary N) is 1. The number of hydrogen-bond donors (Lipinski definition) is 1. The van der Waals surface area contributed by atoms with Crippen LogP contribution in [-0.4, -0.2) is 64.5 Å². The second kappa shape index (κ2) is 18.6. The Morgan fingerprint density at radius 1 is 1.00 bits per heavy atom. The van der Waals surface area contributed by atoms with Crippen LogP contribution in [0.25, 0.3) is 0 Å². The summed E-state index contributed by atoms with van der Waals surface area (Å²) < 4.78 is 77.6. The Morgan fingerprint density at radius 2 is 1.62 bits per heavy atom. The molecule has 3 unspecified atom stereocenters. The zero-order valence-corrected chi connectivity index (χ0v) is 29.5. The number of carbonyl (C=O) groups excluding carboxylic acids is 1. The summed E-state index contributed by atoms with van der Waals surface area (Å²) in [5.41, 5.74) is -1.46. The SMILES string of the molecule is CCC.CCC(C)C1CCc2c1n[nH]c(=O)c2C(F)(F)F.CCCC(C)CC(=O)N1CCN(C2=C(CC)CC=C(C(F)(F)F)C=N2)CC1. The summed E-state index contributed by atoms with van der Waals surface area (Å²) in [5.74, 6) is 1.48. The fraction of sp³-hybridized carbons (Fsp3) is 0.714. The minimum Gasteiger partial charge on any atom is -0.353 e. The van der Waals surface area contributed by atoms with E-state index in [4.69, 9.17) is 0 Å². The summed E-state index contributed by atoms with van der Waals surface area (Å²) in [6.45, 7) is 16.8. The van der Waals surface area contributed by atoms with Gasteiger partial charge < -0.3 is 9.80 Å². The number of rotatable bonds is 8. The molecule has 7 nitrogen and oxygen atoms in total. The minimum absolute atomic E-state index is 0.0166.